The van der Waals surface area contributed by atoms with E-state index in [0.717, 1.165) is 43.9 Å². The second kappa shape index (κ2) is 10.2. The zero-order valence-corrected chi connectivity index (χ0v) is 19.2. The first-order valence-electron chi connectivity index (χ1n) is 9.97. The summed E-state index contributed by atoms with van der Waals surface area (Å²) < 4.78 is 38.0. The number of hydrogen-bond donors (Lipinski definition) is 1. The van der Waals surface area contributed by atoms with Gasteiger partial charge in [-0.3, -0.25) is 4.90 Å². The maximum atomic E-state index is 14.7. The number of halogens is 3. The summed E-state index contributed by atoms with van der Waals surface area (Å²) in [5.74, 6) is -0.981. The third kappa shape index (κ3) is 5.31. The molecule has 1 aliphatic rings. The molecule has 2 aromatic carbocycles. The van der Waals surface area contributed by atoms with Gasteiger partial charge in [-0.1, -0.05) is 41.9 Å². The second-order valence-corrected chi connectivity index (χ2v) is 9.24. The maximum absolute atomic E-state index is 14.7. The zero-order valence-electron chi connectivity index (χ0n) is 16.9. The second-order valence-electron chi connectivity index (χ2n) is 7.33. The number of aromatic nitrogens is 1. The molecule has 0 saturated carbocycles. The van der Waals surface area contributed by atoms with E-state index in [2.05, 4.69) is 33.7 Å². The van der Waals surface area contributed by atoms with Crippen LogP contribution < -0.4 is 9.46 Å². The van der Waals surface area contributed by atoms with Crippen LogP contribution in [0, 0.1) is 11.6 Å². The summed E-state index contributed by atoms with van der Waals surface area (Å²) in [5, 5.41) is 1.54. The molecule has 31 heavy (non-hydrogen) atoms. The highest BCUT2D eigenvalue weighted by Crippen LogP contribution is 2.38. The van der Waals surface area contributed by atoms with Gasteiger partial charge >= 0.3 is 0 Å². The van der Waals surface area contributed by atoms with Crippen molar-refractivity contribution in [2.45, 2.75) is 36.8 Å². The Bertz CT molecular complexity index is 1000. The Labute approximate surface area is 193 Å². The molecule has 164 valence electrons. The van der Waals surface area contributed by atoms with Crippen molar-refractivity contribution in [3.8, 4) is 5.75 Å². The normalized spacial score (nSPS) is 16.3. The topological polar surface area (TPSA) is 37.4 Å². The lowest BCUT2D eigenvalue weighted by molar-refractivity contribution is 0.0793. The van der Waals surface area contributed by atoms with Crippen molar-refractivity contribution in [2.75, 3.05) is 17.8 Å². The van der Waals surface area contributed by atoms with Gasteiger partial charge in [-0.25, -0.2) is 13.8 Å². The monoisotopic (exact) mass is 481 g/mol. The van der Waals surface area contributed by atoms with Crippen LogP contribution in [0.2, 0.25) is 5.02 Å². The first kappa shape index (κ1) is 22.3. The van der Waals surface area contributed by atoms with Gasteiger partial charge in [0.1, 0.15) is 33.4 Å². The molecule has 2 heterocycles. The van der Waals surface area contributed by atoms with Crippen molar-refractivity contribution < 1.29 is 13.5 Å². The first-order chi connectivity index (χ1) is 15.0. The highest BCUT2D eigenvalue weighted by Gasteiger charge is 2.27. The molecule has 4 rings (SSSR count). The quantitative estimate of drug-likeness (QED) is 0.297. The van der Waals surface area contributed by atoms with Crippen LogP contribution in [0.3, 0.4) is 0 Å². The third-order valence-corrected chi connectivity index (χ3v) is 7.20. The predicted molar refractivity (Wildman–Crippen MR) is 123 cm³/mol. The number of anilines is 1. The summed E-state index contributed by atoms with van der Waals surface area (Å²) in [6, 6.07) is 11.8. The summed E-state index contributed by atoms with van der Waals surface area (Å²) in [7, 11) is 0. The van der Waals surface area contributed by atoms with Gasteiger partial charge in [-0.2, -0.15) is 0 Å². The molecule has 1 N–H and O–H groups in total. The Balaban J connectivity index is 1.37. The van der Waals surface area contributed by atoms with Gasteiger partial charge in [0.2, 0.25) is 0 Å². The Morgan fingerprint density at radius 1 is 1.26 bits per heavy atom. The molecule has 4 nitrogen and oxygen atoms in total. The molecule has 1 fully saturated rings. The SMILES string of the molecule is CC(c1ccccc1)N1CCC(Oc2cc(F)c(SNc3cscn3)c(F)c2Cl)CC1. The number of benzene rings is 2. The van der Waals surface area contributed by atoms with E-state index in [4.69, 9.17) is 16.3 Å². The Hall–Kier alpha value is -1.87. The molecular weight excluding hydrogens is 460 g/mol. The lowest BCUT2D eigenvalue weighted by Crippen LogP contribution is -2.39. The van der Waals surface area contributed by atoms with E-state index >= 15 is 0 Å². The number of rotatable bonds is 7. The minimum Gasteiger partial charge on any atom is -0.489 e. The van der Waals surface area contributed by atoms with Crippen LogP contribution in [0.15, 0.2) is 52.2 Å². The lowest BCUT2D eigenvalue weighted by Gasteiger charge is -2.36. The number of hydrogen-bond acceptors (Lipinski definition) is 6. The van der Waals surface area contributed by atoms with Gasteiger partial charge in [0.15, 0.2) is 5.82 Å². The van der Waals surface area contributed by atoms with Gasteiger partial charge < -0.3 is 9.46 Å². The fourth-order valence-electron chi connectivity index (χ4n) is 3.61. The molecule has 9 heteroatoms. The number of thiazole rings is 1. The first-order valence-corrected chi connectivity index (χ1v) is 12.1. The molecular formula is C22H22ClF2N3OS2. The molecule has 0 aliphatic carbocycles. The standard InChI is InChI=1S/C22H22ClF2N3OS2/c1-14(15-5-3-2-4-6-15)28-9-7-16(8-10-28)29-18-11-17(24)22(21(25)20(18)23)31-27-19-12-30-13-26-19/h2-6,11-14,16,27H,7-10H2,1H3. The van der Waals surface area contributed by atoms with E-state index in [-0.39, 0.29) is 21.8 Å². The summed E-state index contributed by atoms with van der Waals surface area (Å²) in [6.45, 7) is 3.87. The van der Waals surface area contributed by atoms with Crippen LogP contribution in [0.4, 0.5) is 14.6 Å². The van der Waals surface area contributed by atoms with Crippen molar-refractivity contribution in [3.05, 3.63) is 69.5 Å². The van der Waals surface area contributed by atoms with Crippen molar-refractivity contribution in [1.29, 1.82) is 0 Å². The average Bonchev–Trinajstić information content (AvgIpc) is 3.31. The molecule has 0 amide bonds. The Morgan fingerprint density at radius 3 is 2.68 bits per heavy atom. The average molecular weight is 482 g/mol. The molecule has 1 saturated heterocycles. The van der Waals surface area contributed by atoms with Crippen molar-refractivity contribution in [1.82, 2.24) is 9.88 Å². The van der Waals surface area contributed by atoms with Gasteiger partial charge in [0, 0.05) is 30.6 Å². The number of nitrogens with zero attached hydrogens (tertiary/aromatic N) is 2. The highest BCUT2D eigenvalue weighted by molar-refractivity contribution is 8.00. The largest absolute Gasteiger partial charge is 0.489 e. The Morgan fingerprint density at radius 2 is 2.00 bits per heavy atom. The lowest BCUT2D eigenvalue weighted by atomic mass is 10.0. The molecule has 0 spiro atoms. The van der Waals surface area contributed by atoms with E-state index in [9.17, 15) is 8.78 Å². The maximum Gasteiger partial charge on any atom is 0.163 e. The fraction of sp³-hybridized carbons (Fsp3) is 0.318. The summed E-state index contributed by atoms with van der Waals surface area (Å²) in [5.41, 5.74) is 2.90. The molecule has 0 bridgehead atoms. The van der Waals surface area contributed by atoms with Crippen molar-refractivity contribution >= 4 is 40.7 Å². The van der Waals surface area contributed by atoms with Crippen LogP contribution in [0.5, 0.6) is 5.75 Å². The third-order valence-electron chi connectivity index (χ3n) is 5.37. The van der Waals surface area contributed by atoms with Gasteiger partial charge in [-0.05, 0) is 37.3 Å². The molecule has 1 aliphatic heterocycles. The van der Waals surface area contributed by atoms with Crippen LogP contribution in [0.1, 0.15) is 31.4 Å². The minimum atomic E-state index is -0.834. The predicted octanol–water partition coefficient (Wildman–Crippen LogP) is 6.80. The molecule has 1 aromatic heterocycles. The van der Waals surface area contributed by atoms with E-state index in [1.807, 2.05) is 18.2 Å². The Kier molecular flexibility index (Phi) is 7.32. The van der Waals surface area contributed by atoms with Crippen LogP contribution in [-0.2, 0) is 0 Å². The van der Waals surface area contributed by atoms with Gasteiger partial charge in [0.05, 0.1) is 5.51 Å². The van der Waals surface area contributed by atoms with Gasteiger partial charge in [0.25, 0.3) is 0 Å². The van der Waals surface area contributed by atoms with E-state index in [0.29, 0.717) is 11.9 Å². The molecule has 3 aromatic rings. The number of ether oxygens (including phenoxy) is 1. The van der Waals surface area contributed by atoms with E-state index < -0.39 is 11.6 Å². The number of nitrogens with one attached hydrogen (secondary N) is 1. The fourth-order valence-corrected chi connectivity index (χ4v) is 5.08. The smallest absolute Gasteiger partial charge is 0.163 e. The summed E-state index contributed by atoms with van der Waals surface area (Å²) in [6.07, 6.45) is 1.39. The molecule has 1 atom stereocenters. The van der Waals surface area contributed by atoms with Crippen molar-refractivity contribution in [3.63, 3.8) is 0 Å². The van der Waals surface area contributed by atoms with E-state index in [1.54, 1.807) is 10.9 Å². The van der Waals surface area contributed by atoms with Crippen molar-refractivity contribution in [2.24, 2.45) is 0 Å². The molecule has 0 radical (unpaired) electrons. The van der Waals surface area contributed by atoms with Crippen LogP contribution >= 0.6 is 34.9 Å². The minimum absolute atomic E-state index is 0.0456. The van der Waals surface area contributed by atoms with Crippen LogP contribution in [0.25, 0.3) is 0 Å². The van der Waals surface area contributed by atoms with Gasteiger partial charge in [-0.15, -0.1) is 11.3 Å². The summed E-state index contributed by atoms with van der Waals surface area (Å²) in [4.78, 5) is 6.21. The number of piperidine rings is 1. The number of likely N-dealkylation sites (tertiary alicyclic amines) is 1. The molecule has 1 unspecified atom stereocenters. The highest BCUT2D eigenvalue weighted by atomic mass is 35.5. The summed E-state index contributed by atoms with van der Waals surface area (Å²) >= 11 is 8.36. The zero-order chi connectivity index (χ0) is 21.8. The van der Waals surface area contributed by atoms with E-state index in [1.165, 1.54) is 16.9 Å². The van der Waals surface area contributed by atoms with Crippen LogP contribution in [-0.4, -0.2) is 29.1 Å².